The van der Waals surface area contributed by atoms with Crippen molar-refractivity contribution >= 4 is 0 Å². The van der Waals surface area contributed by atoms with Crippen LogP contribution < -0.4 is 0 Å². The molecule has 0 atom stereocenters. The first-order valence-electron chi connectivity index (χ1n) is 7.89. The highest BCUT2D eigenvalue weighted by Gasteiger charge is 1.95. The van der Waals surface area contributed by atoms with Crippen LogP contribution in [0.3, 0.4) is 0 Å². The van der Waals surface area contributed by atoms with Gasteiger partial charge < -0.3 is 0 Å². The Balaban J connectivity index is 0.000000253. The molecule has 0 heterocycles. The van der Waals surface area contributed by atoms with Gasteiger partial charge in [0.05, 0.1) is 0 Å². The molecule has 0 aliphatic carbocycles. The van der Waals surface area contributed by atoms with Gasteiger partial charge in [0.2, 0.25) is 0 Å². The second-order valence-corrected chi connectivity index (χ2v) is 4.89. The van der Waals surface area contributed by atoms with Crippen molar-refractivity contribution < 1.29 is 0 Å². The summed E-state index contributed by atoms with van der Waals surface area (Å²) in [7, 11) is 0. The van der Waals surface area contributed by atoms with Crippen molar-refractivity contribution in [1.29, 1.82) is 0 Å². The Kier molecular flexibility index (Phi) is 8.37. The Bertz CT molecular complexity index is 534. The van der Waals surface area contributed by atoms with Gasteiger partial charge in [-0.2, -0.15) is 0 Å². The van der Waals surface area contributed by atoms with Crippen LogP contribution in [0.15, 0.2) is 84.9 Å². The minimum absolute atomic E-state index is 1.29. The highest BCUT2D eigenvalue weighted by Crippen LogP contribution is 2.19. The highest BCUT2D eigenvalue weighted by atomic mass is 14.0. The molecule has 0 aliphatic rings. The molecule has 0 spiro atoms. The van der Waals surface area contributed by atoms with E-state index in [1.54, 1.807) is 0 Å². The molecule has 0 unspecified atom stereocenters. The zero-order chi connectivity index (χ0) is 16.2. The third kappa shape index (κ3) is 6.41. The van der Waals surface area contributed by atoms with Crippen LogP contribution in [0.5, 0.6) is 0 Å². The van der Waals surface area contributed by atoms with Crippen molar-refractivity contribution in [3.05, 3.63) is 96.1 Å². The van der Waals surface area contributed by atoms with Gasteiger partial charge >= 0.3 is 0 Å². The Morgan fingerprint density at radius 3 is 0.864 bits per heavy atom. The van der Waals surface area contributed by atoms with E-state index in [4.69, 9.17) is 0 Å². The lowest BCUT2D eigenvalue weighted by molar-refractivity contribution is 1.45. The lowest BCUT2D eigenvalue weighted by Crippen LogP contribution is -1.78. The molecule has 0 nitrogen and oxygen atoms in total. The molecule has 22 heavy (non-hydrogen) atoms. The molecule has 3 aromatic rings. The minimum atomic E-state index is 1.29. The summed E-state index contributed by atoms with van der Waals surface area (Å²) in [5.74, 6) is 0. The normalized spacial score (nSPS) is 8.91. The lowest BCUT2D eigenvalue weighted by atomic mass is 10.0. The zero-order valence-corrected chi connectivity index (χ0v) is 14.1. The number of aryl methyl sites for hydroxylation is 2. The third-order valence-electron chi connectivity index (χ3n) is 3.10. The molecule has 0 saturated heterocycles. The average Bonchev–Trinajstić information content (AvgIpc) is 2.60. The van der Waals surface area contributed by atoms with E-state index in [0.29, 0.717) is 0 Å². The standard InChI is InChI=1S/C14H14.C6H6.C2H6/c1-11-3-7-13(8-4-11)14-9-5-12(2)6-10-14;1-2-4-6-5-3-1;1-2/h3-10H,1-2H3;1-6H;1-2H3. The Hall–Kier alpha value is -2.34. The summed E-state index contributed by atoms with van der Waals surface area (Å²) in [4.78, 5) is 0. The van der Waals surface area contributed by atoms with Crippen molar-refractivity contribution in [3.8, 4) is 11.1 Å². The second kappa shape index (κ2) is 10.4. The van der Waals surface area contributed by atoms with E-state index < -0.39 is 0 Å². The van der Waals surface area contributed by atoms with Gasteiger partial charge in [-0.05, 0) is 25.0 Å². The molecule has 3 rings (SSSR count). The molecule has 0 bridgehead atoms. The molecule has 0 aromatic heterocycles. The monoisotopic (exact) mass is 290 g/mol. The van der Waals surface area contributed by atoms with Crippen molar-refractivity contribution in [2.24, 2.45) is 0 Å². The van der Waals surface area contributed by atoms with Crippen molar-refractivity contribution in [3.63, 3.8) is 0 Å². The van der Waals surface area contributed by atoms with E-state index in [-0.39, 0.29) is 0 Å². The summed E-state index contributed by atoms with van der Waals surface area (Å²) in [6, 6.07) is 29.3. The summed E-state index contributed by atoms with van der Waals surface area (Å²) >= 11 is 0. The molecule has 0 N–H and O–H groups in total. The van der Waals surface area contributed by atoms with Crippen molar-refractivity contribution in [2.45, 2.75) is 27.7 Å². The maximum atomic E-state index is 2.17. The fourth-order valence-electron chi connectivity index (χ4n) is 1.88. The summed E-state index contributed by atoms with van der Waals surface area (Å²) < 4.78 is 0. The first-order chi connectivity index (χ1) is 10.8. The topological polar surface area (TPSA) is 0 Å². The van der Waals surface area contributed by atoms with Crippen LogP contribution in [-0.4, -0.2) is 0 Å². The van der Waals surface area contributed by atoms with Crippen molar-refractivity contribution in [1.82, 2.24) is 0 Å². The van der Waals surface area contributed by atoms with Crippen LogP contribution in [0.1, 0.15) is 25.0 Å². The van der Waals surface area contributed by atoms with Crippen LogP contribution in [-0.2, 0) is 0 Å². The lowest BCUT2D eigenvalue weighted by Gasteiger charge is -2.02. The van der Waals surface area contributed by atoms with Crippen LogP contribution >= 0.6 is 0 Å². The van der Waals surface area contributed by atoms with Gasteiger partial charge in [-0.1, -0.05) is 110 Å². The molecule has 0 saturated carbocycles. The summed E-state index contributed by atoms with van der Waals surface area (Å²) in [5, 5.41) is 0. The predicted octanol–water partition coefficient (Wildman–Crippen LogP) is 6.68. The number of benzene rings is 3. The maximum absolute atomic E-state index is 2.17. The smallest absolute Gasteiger partial charge is 0.0184 e. The fraction of sp³-hybridized carbons (Fsp3) is 0.182. The number of rotatable bonds is 1. The summed E-state index contributed by atoms with van der Waals surface area (Å²) in [6.07, 6.45) is 0. The van der Waals surface area contributed by atoms with Gasteiger partial charge in [-0.3, -0.25) is 0 Å². The zero-order valence-electron chi connectivity index (χ0n) is 14.1. The molecule has 0 aliphatic heterocycles. The fourth-order valence-corrected chi connectivity index (χ4v) is 1.88. The van der Waals surface area contributed by atoms with Gasteiger partial charge in [0.25, 0.3) is 0 Å². The first-order valence-corrected chi connectivity index (χ1v) is 7.89. The molecule has 0 heteroatoms. The van der Waals surface area contributed by atoms with Crippen LogP contribution in [0, 0.1) is 13.8 Å². The molecule has 0 radical (unpaired) electrons. The number of hydrogen-bond donors (Lipinski definition) is 0. The van der Waals surface area contributed by atoms with E-state index in [1.165, 1.54) is 22.3 Å². The van der Waals surface area contributed by atoms with Gasteiger partial charge in [0, 0.05) is 0 Å². The largest absolute Gasteiger partial charge is 0.0683 e. The Morgan fingerprint density at radius 1 is 0.409 bits per heavy atom. The molecular weight excluding hydrogens is 264 g/mol. The van der Waals surface area contributed by atoms with E-state index in [9.17, 15) is 0 Å². The van der Waals surface area contributed by atoms with E-state index in [1.807, 2.05) is 50.2 Å². The molecule has 0 amide bonds. The first kappa shape index (κ1) is 17.7. The maximum Gasteiger partial charge on any atom is -0.0184 e. The highest BCUT2D eigenvalue weighted by molar-refractivity contribution is 5.63. The van der Waals surface area contributed by atoms with Gasteiger partial charge in [-0.25, -0.2) is 0 Å². The van der Waals surface area contributed by atoms with Gasteiger partial charge in [-0.15, -0.1) is 0 Å². The van der Waals surface area contributed by atoms with E-state index in [2.05, 4.69) is 62.4 Å². The molecule has 0 fully saturated rings. The third-order valence-corrected chi connectivity index (χ3v) is 3.10. The van der Waals surface area contributed by atoms with Crippen LogP contribution in [0.25, 0.3) is 11.1 Å². The van der Waals surface area contributed by atoms with E-state index >= 15 is 0 Å². The van der Waals surface area contributed by atoms with Gasteiger partial charge in [0.15, 0.2) is 0 Å². The Labute approximate surface area is 135 Å². The molecular formula is C22H26. The minimum Gasteiger partial charge on any atom is -0.0683 e. The van der Waals surface area contributed by atoms with Gasteiger partial charge in [0.1, 0.15) is 0 Å². The van der Waals surface area contributed by atoms with E-state index in [0.717, 1.165) is 0 Å². The second-order valence-electron chi connectivity index (χ2n) is 4.89. The molecule has 3 aromatic carbocycles. The quantitative estimate of drug-likeness (QED) is 0.468. The average molecular weight is 290 g/mol. The Morgan fingerprint density at radius 2 is 0.636 bits per heavy atom. The number of hydrogen-bond acceptors (Lipinski definition) is 0. The van der Waals surface area contributed by atoms with Crippen LogP contribution in [0.2, 0.25) is 0 Å². The summed E-state index contributed by atoms with van der Waals surface area (Å²) in [5.41, 5.74) is 5.19. The SMILES string of the molecule is CC.Cc1ccc(-c2ccc(C)cc2)cc1.c1ccccc1. The summed E-state index contributed by atoms with van der Waals surface area (Å²) in [6.45, 7) is 8.22. The van der Waals surface area contributed by atoms with Crippen LogP contribution in [0.4, 0.5) is 0 Å². The molecule has 114 valence electrons. The van der Waals surface area contributed by atoms with Crippen molar-refractivity contribution in [2.75, 3.05) is 0 Å². The predicted molar refractivity (Wildman–Crippen MR) is 99.1 cm³/mol.